The molecule has 2 aliphatic heterocycles. The third kappa shape index (κ3) is 4.19. The number of piperidine rings is 1. The van der Waals surface area contributed by atoms with Crippen molar-refractivity contribution >= 4 is 17.9 Å². The molecule has 4 heterocycles. The van der Waals surface area contributed by atoms with Gasteiger partial charge in [0.05, 0.1) is 0 Å². The van der Waals surface area contributed by atoms with Gasteiger partial charge in [0.15, 0.2) is 0 Å². The number of likely N-dealkylation sites (tertiary alicyclic amines) is 1. The lowest BCUT2D eigenvalue weighted by Gasteiger charge is -2.43. The Morgan fingerprint density at radius 3 is 2.70 bits per heavy atom. The molecular formula is C21H27N7O2. The average molecular weight is 409 g/mol. The van der Waals surface area contributed by atoms with Crippen LogP contribution in [-0.2, 0) is 6.54 Å². The Morgan fingerprint density at radius 1 is 1.20 bits per heavy atom. The van der Waals surface area contributed by atoms with Crippen LogP contribution >= 0.6 is 0 Å². The number of aryl methyl sites for hydroxylation is 2. The number of rotatable bonds is 2. The maximum absolute atomic E-state index is 12.3. The van der Waals surface area contributed by atoms with Crippen molar-refractivity contribution < 1.29 is 4.79 Å². The number of urea groups is 1. The molecule has 1 saturated heterocycles. The van der Waals surface area contributed by atoms with Gasteiger partial charge in [-0.3, -0.25) is 10.1 Å². The molecule has 0 unspecified atom stereocenters. The first-order chi connectivity index (χ1) is 14.4. The molecule has 0 aromatic carbocycles. The van der Waals surface area contributed by atoms with E-state index in [1.807, 2.05) is 43.5 Å². The van der Waals surface area contributed by atoms with E-state index in [2.05, 4.69) is 30.5 Å². The van der Waals surface area contributed by atoms with Gasteiger partial charge >= 0.3 is 6.03 Å². The lowest BCUT2D eigenvalue weighted by Crippen LogP contribution is -2.54. The number of hydrogen-bond donors (Lipinski definition) is 2. The Labute approximate surface area is 175 Å². The predicted molar refractivity (Wildman–Crippen MR) is 114 cm³/mol. The largest absolute Gasteiger partial charge is 0.341 e. The molecule has 9 nitrogen and oxygen atoms in total. The summed E-state index contributed by atoms with van der Waals surface area (Å²) in [5.74, 6) is 1.27. The molecule has 0 saturated carbocycles. The van der Waals surface area contributed by atoms with Gasteiger partial charge in [0, 0.05) is 55.2 Å². The van der Waals surface area contributed by atoms with E-state index in [1.54, 1.807) is 6.07 Å². The highest BCUT2D eigenvalue weighted by Gasteiger charge is 2.36. The smallest absolute Gasteiger partial charge is 0.321 e. The maximum Gasteiger partial charge on any atom is 0.321 e. The van der Waals surface area contributed by atoms with E-state index in [-0.39, 0.29) is 17.5 Å². The van der Waals surface area contributed by atoms with Crippen molar-refractivity contribution in [2.75, 3.05) is 19.6 Å². The van der Waals surface area contributed by atoms with Crippen molar-refractivity contribution in [3.8, 4) is 0 Å². The van der Waals surface area contributed by atoms with Crippen LogP contribution in [-0.4, -0.2) is 51.1 Å². The van der Waals surface area contributed by atoms with Crippen LogP contribution in [0.3, 0.4) is 0 Å². The van der Waals surface area contributed by atoms with Gasteiger partial charge in [-0.15, -0.1) is 0 Å². The first-order valence-electron chi connectivity index (χ1n) is 10.3. The molecule has 30 heavy (non-hydrogen) atoms. The normalized spacial score (nSPS) is 20.5. The predicted octanol–water partition coefficient (Wildman–Crippen LogP) is 1.68. The second kappa shape index (κ2) is 8.25. The van der Waals surface area contributed by atoms with Gasteiger partial charge in [0.2, 0.25) is 5.96 Å². The zero-order chi connectivity index (χ0) is 21.3. The van der Waals surface area contributed by atoms with Crippen LogP contribution in [0.1, 0.15) is 36.3 Å². The molecule has 4 rings (SSSR count). The summed E-state index contributed by atoms with van der Waals surface area (Å²) in [5.41, 5.74) is 2.74. The fourth-order valence-corrected chi connectivity index (χ4v) is 4.41. The monoisotopic (exact) mass is 409 g/mol. The van der Waals surface area contributed by atoms with Gasteiger partial charge in [0.1, 0.15) is 0 Å². The zero-order valence-corrected chi connectivity index (χ0v) is 17.6. The average Bonchev–Trinajstić information content (AvgIpc) is 2.68. The number of aromatic nitrogens is 3. The van der Waals surface area contributed by atoms with E-state index in [0.29, 0.717) is 44.0 Å². The fourth-order valence-electron chi connectivity index (χ4n) is 4.41. The van der Waals surface area contributed by atoms with E-state index in [1.165, 1.54) is 0 Å². The molecule has 2 aromatic rings. The zero-order valence-electron chi connectivity index (χ0n) is 17.6. The van der Waals surface area contributed by atoms with Crippen LogP contribution in [0.25, 0.3) is 0 Å². The van der Waals surface area contributed by atoms with Crippen LogP contribution in [0.5, 0.6) is 0 Å². The minimum atomic E-state index is -0.312. The summed E-state index contributed by atoms with van der Waals surface area (Å²) >= 11 is 0. The number of aliphatic imine (C=N–C) groups is 1. The Kier molecular flexibility index (Phi) is 5.52. The molecule has 0 spiro atoms. The maximum atomic E-state index is 12.3. The van der Waals surface area contributed by atoms with Gasteiger partial charge < -0.3 is 14.8 Å². The highest BCUT2D eigenvalue weighted by Crippen LogP contribution is 2.35. The SMILES string of the molecule is CCNC(=O)NC(=Nc1nc(C)cc(C)n1)N1C[C@H]2C[C@@H](C1)c1cccc(=O)n1C2. The Balaban J connectivity index is 1.67. The van der Waals surface area contributed by atoms with Crippen LogP contribution in [0.2, 0.25) is 0 Å². The molecular weight excluding hydrogens is 382 g/mol. The van der Waals surface area contributed by atoms with Gasteiger partial charge in [-0.2, -0.15) is 4.99 Å². The standard InChI is InChI=1S/C21H27N7O2/c1-4-22-21(30)26-20(25-19-23-13(2)8-14(3)24-19)27-10-15-9-16(12-27)17-6-5-7-18(29)28(17)11-15/h5-8,15-16H,4,9-12H2,1-3H3,(H2,22,23,24,25,26,30)/t15-,16+/m1/s1. The van der Waals surface area contributed by atoms with Crippen molar-refractivity contribution in [3.05, 3.63) is 51.7 Å². The minimum Gasteiger partial charge on any atom is -0.341 e. The number of nitrogens with one attached hydrogen (secondary N) is 2. The summed E-state index contributed by atoms with van der Waals surface area (Å²) in [5, 5.41) is 5.63. The van der Waals surface area contributed by atoms with Gasteiger partial charge in [-0.25, -0.2) is 14.8 Å². The fraction of sp³-hybridized carbons (Fsp3) is 0.476. The van der Waals surface area contributed by atoms with Crippen LogP contribution in [0.4, 0.5) is 10.7 Å². The van der Waals surface area contributed by atoms with Crippen molar-refractivity contribution in [3.63, 3.8) is 0 Å². The summed E-state index contributed by atoms with van der Waals surface area (Å²) in [6, 6.07) is 7.03. The molecule has 2 aromatic heterocycles. The van der Waals surface area contributed by atoms with E-state index in [0.717, 1.165) is 23.5 Å². The number of guanidine groups is 1. The number of fused-ring (bicyclic) bond motifs is 4. The molecule has 2 atom stereocenters. The molecule has 0 aliphatic carbocycles. The summed E-state index contributed by atoms with van der Waals surface area (Å²) in [4.78, 5) is 40.1. The first-order valence-corrected chi connectivity index (χ1v) is 10.3. The Hall–Kier alpha value is -3.23. The molecule has 2 aliphatic rings. The lowest BCUT2D eigenvalue weighted by atomic mass is 9.83. The summed E-state index contributed by atoms with van der Waals surface area (Å²) in [6.45, 7) is 8.21. The molecule has 2 N–H and O–H groups in total. The summed E-state index contributed by atoms with van der Waals surface area (Å²) in [7, 11) is 0. The number of carbonyl (C=O) groups excluding carboxylic acids is 1. The van der Waals surface area contributed by atoms with Crippen molar-refractivity contribution in [1.29, 1.82) is 0 Å². The summed E-state index contributed by atoms with van der Waals surface area (Å²) in [6.07, 6.45) is 1.02. The van der Waals surface area contributed by atoms with Gasteiger partial charge in [-0.1, -0.05) is 6.07 Å². The first kappa shape index (κ1) is 20.1. The minimum absolute atomic E-state index is 0.0497. The highest BCUT2D eigenvalue weighted by atomic mass is 16.2. The molecule has 0 radical (unpaired) electrons. The third-order valence-electron chi connectivity index (χ3n) is 5.52. The van der Waals surface area contributed by atoms with Crippen LogP contribution in [0, 0.1) is 19.8 Å². The summed E-state index contributed by atoms with van der Waals surface area (Å²) < 4.78 is 1.89. The molecule has 2 amide bonds. The molecule has 9 heteroatoms. The second-order valence-electron chi connectivity index (χ2n) is 7.97. The van der Waals surface area contributed by atoms with E-state index >= 15 is 0 Å². The molecule has 2 bridgehead atoms. The molecule has 1 fully saturated rings. The van der Waals surface area contributed by atoms with Gasteiger partial charge in [-0.05, 0) is 45.2 Å². The van der Waals surface area contributed by atoms with E-state index in [4.69, 9.17) is 0 Å². The topological polar surface area (TPSA) is 105 Å². The van der Waals surface area contributed by atoms with Crippen molar-refractivity contribution in [1.82, 2.24) is 30.1 Å². The van der Waals surface area contributed by atoms with E-state index < -0.39 is 0 Å². The van der Waals surface area contributed by atoms with Crippen LogP contribution < -0.4 is 16.2 Å². The van der Waals surface area contributed by atoms with Crippen molar-refractivity contribution in [2.45, 2.75) is 39.7 Å². The van der Waals surface area contributed by atoms with Gasteiger partial charge in [0.25, 0.3) is 11.5 Å². The quantitative estimate of drug-likeness (QED) is 0.580. The lowest BCUT2D eigenvalue weighted by molar-refractivity contribution is 0.174. The second-order valence-corrected chi connectivity index (χ2v) is 7.97. The number of pyridine rings is 1. The Morgan fingerprint density at radius 2 is 1.97 bits per heavy atom. The van der Waals surface area contributed by atoms with E-state index in [9.17, 15) is 9.59 Å². The highest BCUT2D eigenvalue weighted by molar-refractivity contribution is 5.97. The Bertz CT molecular complexity index is 1030. The molecule has 158 valence electrons. The number of hydrogen-bond acceptors (Lipinski definition) is 5. The number of nitrogens with zero attached hydrogens (tertiary/aromatic N) is 5. The van der Waals surface area contributed by atoms with Crippen molar-refractivity contribution in [2.24, 2.45) is 10.9 Å². The third-order valence-corrected chi connectivity index (χ3v) is 5.52. The number of carbonyl (C=O) groups is 1. The number of amides is 2. The van der Waals surface area contributed by atoms with Crippen LogP contribution in [0.15, 0.2) is 34.1 Å².